The van der Waals surface area contributed by atoms with Crippen molar-refractivity contribution in [1.82, 2.24) is 19.4 Å². The number of fused-ring (bicyclic) bond motifs is 1. The summed E-state index contributed by atoms with van der Waals surface area (Å²) in [5.74, 6) is 1.40. The number of carbonyl (C=O) groups is 1. The van der Waals surface area contributed by atoms with Crippen molar-refractivity contribution in [3.05, 3.63) is 48.5 Å². The van der Waals surface area contributed by atoms with E-state index in [9.17, 15) is 4.79 Å². The SMILES string of the molecule is CN(C)C1CCN(C(=O)C2CCCN(c3cccc(-c4nc5ccccc5n4C)c3)C2)C1. The number of hydrogen-bond acceptors (Lipinski definition) is 4. The third-order valence-corrected chi connectivity index (χ3v) is 7.23. The fraction of sp³-hybridized carbons (Fsp3) is 0.462. The highest BCUT2D eigenvalue weighted by Crippen LogP contribution is 2.30. The van der Waals surface area contributed by atoms with Gasteiger partial charge in [-0.25, -0.2) is 4.98 Å². The summed E-state index contributed by atoms with van der Waals surface area (Å²) >= 11 is 0. The summed E-state index contributed by atoms with van der Waals surface area (Å²) in [4.78, 5) is 24.8. The van der Waals surface area contributed by atoms with Crippen molar-refractivity contribution in [3.63, 3.8) is 0 Å². The predicted molar refractivity (Wildman–Crippen MR) is 130 cm³/mol. The molecule has 2 aromatic carbocycles. The van der Waals surface area contributed by atoms with Crippen LogP contribution in [0.25, 0.3) is 22.4 Å². The molecule has 32 heavy (non-hydrogen) atoms. The van der Waals surface area contributed by atoms with Crippen LogP contribution in [0.5, 0.6) is 0 Å². The van der Waals surface area contributed by atoms with E-state index in [4.69, 9.17) is 4.98 Å². The summed E-state index contributed by atoms with van der Waals surface area (Å²) in [6.07, 6.45) is 3.12. The van der Waals surface area contributed by atoms with Gasteiger partial charge in [0.15, 0.2) is 0 Å². The molecule has 0 spiro atoms. The summed E-state index contributed by atoms with van der Waals surface area (Å²) in [6, 6.07) is 17.4. The fourth-order valence-electron chi connectivity index (χ4n) is 5.28. The number of likely N-dealkylation sites (N-methyl/N-ethyl adjacent to an activating group) is 1. The van der Waals surface area contributed by atoms with E-state index in [2.05, 4.69) is 82.9 Å². The number of para-hydroxylation sites is 2. The minimum Gasteiger partial charge on any atom is -0.371 e. The van der Waals surface area contributed by atoms with Crippen molar-refractivity contribution in [3.8, 4) is 11.4 Å². The molecule has 3 heterocycles. The average Bonchev–Trinajstić information content (AvgIpc) is 3.45. The highest BCUT2D eigenvalue weighted by atomic mass is 16.2. The molecule has 2 aliphatic heterocycles. The molecule has 1 aromatic heterocycles. The van der Waals surface area contributed by atoms with Crippen molar-refractivity contribution in [2.24, 2.45) is 13.0 Å². The highest BCUT2D eigenvalue weighted by molar-refractivity contribution is 5.82. The monoisotopic (exact) mass is 431 g/mol. The molecular formula is C26H33N5O. The second kappa shape index (κ2) is 8.58. The van der Waals surface area contributed by atoms with Gasteiger partial charge in [0.2, 0.25) is 5.91 Å². The van der Waals surface area contributed by atoms with Gasteiger partial charge < -0.3 is 19.3 Å². The molecule has 0 saturated carbocycles. The number of aromatic nitrogens is 2. The lowest BCUT2D eigenvalue weighted by Gasteiger charge is -2.35. The average molecular weight is 432 g/mol. The number of rotatable bonds is 4. The minimum absolute atomic E-state index is 0.0871. The minimum atomic E-state index is 0.0871. The standard InChI is InChI=1S/C26H33N5O/c1-28(2)22-13-15-31(18-22)26(32)20-9-7-14-30(17-20)21-10-6-8-19(16-21)25-27-23-11-4-5-12-24(23)29(25)3/h4-6,8,10-12,16,20,22H,7,9,13-15,17-18H2,1-3H3. The molecule has 0 aliphatic carbocycles. The Hall–Kier alpha value is -2.86. The number of nitrogens with zero attached hydrogens (tertiary/aromatic N) is 5. The Balaban J connectivity index is 1.34. The van der Waals surface area contributed by atoms with E-state index in [-0.39, 0.29) is 5.92 Å². The van der Waals surface area contributed by atoms with E-state index in [0.29, 0.717) is 11.9 Å². The first kappa shape index (κ1) is 21.0. The Morgan fingerprint density at radius 3 is 2.66 bits per heavy atom. The largest absolute Gasteiger partial charge is 0.371 e. The molecule has 6 nitrogen and oxygen atoms in total. The number of carbonyl (C=O) groups excluding carboxylic acids is 1. The van der Waals surface area contributed by atoms with E-state index in [0.717, 1.165) is 67.9 Å². The van der Waals surface area contributed by atoms with Crippen LogP contribution in [0.1, 0.15) is 19.3 Å². The molecule has 1 amide bonds. The zero-order valence-corrected chi connectivity index (χ0v) is 19.4. The highest BCUT2D eigenvalue weighted by Gasteiger charge is 2.34. The maximum atomic E-state index is 13.2. The number of piperidine rings is 1. The summed E-state index contributed by atoms with van der Waals surface area (Å²) < 4.78 is 2.16. The van der Waals surface area contributed by atoms with Crippen molar-refractivity contribution >= 4 is 22.6 Å². The molecule has 0 radical (unpaired) electrons. The maximum Gasteiger partial charge on any atom is 0.227 e. The molecule has 2 fully saturated rings. The van der Waals surface area contributed by atoms with Gasteiger partial charge in [0.25, 0.3) is 0 Å². The molecule has 2 unspecified atom stereocenters. The van der Waals surface area contributed by atoms with E-state index >= 15 is 0 Å². The number of likely N-dealkylation sites (tertiary alicyclic amines) is 1. The Kier molecular flexibility index (Phi) is 5.64. The van der Waals surface area contributed by atoms with Crippen LogP contribution in [0.4, 0.5) is 5.69 Å². The lowest BCUT2D eigenvalue weighted by Crippen LogP contribution is -2.45. The molecule has 5 rings (SSSR count). The van der Waals surface area contributed by atoms with Crippen molar-refractivity contribution < 1.29 is 4.79 Å². The lowest BCUT2D eigenvalue weighted by molar-refractivity contribution is -0.134. The van der Waals surface area contributed by atoms with E-state index < -0.39 is 0 Å². The number of imidazole rings is 1. The normalized spacial score (nSPS) is 21.6. The topological polar surface area (TPSA) is 44.6 Å². The lowest BCUT2D eigenvalue weighted by atomic mass is 9.96. The van der Waals surface area contributed by atoms with E-state index in [1.165, 1.54) is 5.69 Å². The zero-order chi connectivity index (χ0) is 22.2. The first-order valence-corrected chi connectivity index (χ1v) is 11.7. The number of anilines is 1. The van der Waals surface area contributed by atoms with Gasteiger partial charge in [-0.1, -0.05) is 24.3 Å². The number of amides is 1. The van der Waals surface area contributed by atoms with Crippen LogP contribution in [0, 0.1) is 5.92 Å². The quantitative estimate of drug-likeness (QED) is 0.633. The second-order valence-electron chi connectivity index (χ2n) is 9.51. The third-order valence-electron chi connectivity index (χ3n) is 7.23. The molecule has 3 aromatic rings. The van der Waals surface area contributed by atoms with Gasteiger partial charge in [0.05, 0.1) is 17.0 Å². The third kappa shape index (κ3) is 3.88. The van der Waals surface area contributed by atoms with E-state index in [1.54, 1.807) is 0 Å². The van der Waals surface area contributed by atoms with Crippen LogP contribution in [0.2, 0.25) is 0 Å². The molecule has 168 valence electrons. The molecule has 0 bridgehead atoms. The molecule has 2 atom stereocenters. The van der Waals surface area contributed by atoms with Gasteiger partial charge in [-0.05, 0) is 57.6 Å². The Bertz CT molecular complexity index is 1120. The van der Waals surface area contributed by atoms with Gasteiger partial charge in [-0.15, -0.1) is 0 Å². The number of aryl methyl sites for hydroxylation is 1. The predicted octanol–water partition coefficient (Wildman–Crippen LogP) is 3.62. The zero-order valence-electron chi connectivity index (χ0n) is 19.4. The molecule has 6 heteroatoms. The molecular weight excluding hydrogens is 398 g/mol. The second-order valence-corrected chi connectivity index (χ2v) is 9.51. The van der Waals surface area contributed by atoms with Gasteiger partial charge in [0.1, 0.15) is 5.82 Å². The smallest absolute Gasteiger partial charge is 0.227 e. The Labute approximate surface area is 190 Å². The van der Waals surface area contributed by atoms with Crippen LogP contribution in [0.3, 0.4) is 0 Å². The molecule has 2 saturated heterocycles. The van der Waals surface area contributed by atoms with Crippen LogP contribution in [-0.2, 0) is 11.8 Å². The molecule has 2 aliphatic rings. The Morgan fingerprint density at radius 2 is 1.88 bits per heavy atom. The van der Waals surface area contributed by atoms with Gasteiger partial charge in [-0.2, -0.15) is 0 Å². The summed E-state index contributed by atoms with van der Waals surface area (Å²) in [7, 11) is 6.29. The Morgan fingerprint density at radius 1 is 1.03 bits per heavy atom. The van der Waals surface area contributed by atoms with Crippen LogP contribution >= 0.6 is 0 Å². The van der Waals surface area contributed by atoms with Crippen molar-refractivity contribution in [2.45, 2.75) is 25.3 Å². The summed E-state index contributed by atoms with van der Waals surface area (Å²) in [6.45, 7) is 3.55. The van der Waals surface area contributed by atoms with Gasteiger partial charge >= 0.3 is 0 Å². The van der Waals surface area contributed by atoms with Crippen LogP contribution in [-0.4, -0.2) is 71.6 Å². The number of hydrogen-bond donors (Lipinski definition) is 0. The first-order valence-electron chi connectivity index (χ1n) is 11.7. The van der Waals surface area contributed by atoms with E-state index in [1.807, 2.05) is 6.07 Å². The van der Waals surface area contributed by atoms with Gasteiger partial charge in [0, 0.05) is 50.5 Å². The van der Waals surface area contributed by atoms with Crippen molar-refractivity contribution in [1.29, 1.82) is 0 Å². The van der Waals surface area contributed by atoms with Gasteiger partial charge in [-0.3, -0.25) is 4.79 Å². The first-order chi connectivity index (χ1) is 15.5. The maximum absolute atomic E-state index is 13.2. The summed E-state index contributed by atoms with van der Waals surface area (Å²) in [5, 5.41) is 0. The van der Waals surface area contributed by atoms with Crippen LogP contribution < -0.4 is 4.90 Å². The fourth-order valence-corrected chi connectivity index (χ4v) is 5.28. The number of benzene rings is 2. The van der Waals surface area contributed by atoms with Crippen LogP contribution in [0.15, 0.2) is 48.5 Å². The van der Waals surface area contributed by atoms with Crippen molar-refractivity contribution in [2.75, 3.05) is 45.2 Å². The molecule has 0 N–H and O–H groups in total. The summed E-state index contributed by atoms with van der Waals surface area (Å²) in [5.41, 5.74) is 4.45.